The molecule has 0 aromatic heterocycles. The van der Waals surface area contributed by atoms with E-state index in [1.165, 1.54) is 18.2 Å². The summed E-state index contributed by atoms with van der Waals surface area (Å²) in [5.74, 6) is -0.171. The molecule has 1 rings (SSSR count). The molecular formula is C14H23FN2O2S. The molecule has 0 bridgehead atoms. The first-order valence-electron chi connectivity index (χ1n) is 6.77. The Balaban J connectivity index is 3.01. The fourth-order valence-corrected chi connectivity index (χ4v) is 3.23. The zero-order valence-electron chi connectivity index (χ0n) is 12.4. The third-order valence-corrected chi connectivity index (χ3v) is 5.09. The van der Waals surface area contributed by atoms with E-state index < -0.39 is 15.8 Å². The first kappa shape index (κ1) is 17.1. The average molecular weight is 302 g/mol. The molecule has 1 aromatic carbocycles. The number of rotatable bonds is 7. The highest BCUT2D eigenvalue weighted by atomic mass is 32.2. The van der Waals surface area contributed by atoms with Crippen molar-refractivity contribution < 1.29 is 12.8 Å². The van der Waals surface area contributed by atoms with Crippen molar-refractivity contribution in [1.82, 2.24) is 10.0 Å². The molecule has 20 heavy (non-hydrogen) atoms. The summed E-state index contributed by atoms with van der Waals surface area (Å²) >= 11 is 0. The van der Waals surface area contributed by atoms with Crippen LogP contribution in [0.1, 0.15) is 32.8 Å². The topological polar surface area (TPSA) is 58.2 Å². The molecule has 1 aromatic rings. The monoisotopic (exact) mass is 302 g/mol. The van der Waals surface area contributed by atoms with Gasteiger partial charge in [0.05, 0.1) is 4.90 Å². The minimum atomic E-state index is -3.62. The molecule has 0 aliphatic carbocycles. The molecule has 0 radical (unpaired) electrons. The summed E-state index contributed by atoms with van der Waals surface area (Å²) in [7, 11) is -1.93. The van der Waals surface area contributed by atoms with Crippen molar-refractivity contribution in [2.75, 3.05) is 7.05 Å². The lowest BCUT2D eigenvalue weighted by Crippen LogP contribution is -2.36. The van der Waals surface area contributed by atoms with Crippen LogP contribution in [0.25, 0.3) is 0 Å². The van der Waals surface area contributed by atoms with E-state index in [1.54, 1.807) is 7.05 Å². The van der Waals surface area contributed by atoms with Gasteiger partial charge in [0.15, 0.2) is 0 Å². The van der Waals surface area contributed by atoms with E-state index in [2.05, 4.69) is 10.0 Å². The molecule has 0 aliphatic rings. The van der Waals surface area contributed by atoms with Gasteiger partial charge in [-0.25, -0.2) is 17.5 Å². The summed E-state index contributed by atoms with van der Waals surface area (Å²) in [6, 6.07) is 3.69. The van der Waals surface area contributed by atoms with Crippen LogP contribution in [-0.4, -0.2) is 21.5 Å². The third-order valence-electron chi connectivity index (χ3n) is 3.53. The standard InChI is InChI=1S/C14H23FN2O2S/c1-5-10(2)11(3)17-20(18,19)13-6-7-14(15)12(8-13)9-16-4/h6-8,10-11,16-17H,5,9H2,1-4H3. The van der Waals surface area contributed by atoms with Crippen LogP contribution in [-0.2, 0) is 16.6 Å². The van der Waals surface area contributed by atoms with Gasteiger partial charge in [0, 0.05) is 18.2 Å². The molecule has 114 valence electrons. The van der Waals surface area contributed by atoms with Gasteiger partial charge >= 0.3 is 0 Å². The molecule has 6 heteroatoms. The summed E-state index contributed by atoms with van der Waals surface area (Å²) in [4.78, 5) is 0.0966. The van der Waals surface area contributed by atoms with E-state index in [9.17, 15) is 12.8 Å². The van der Waals surface area contributed by atoms with Crippen LogP contribution < -0.4 is 10.0 Å². The summed E-state index contributed by atoms with van der Waals surface area (Å²) < 4.78 is 40.7. The Morgan fingerprint density at radius 2 is 1.95 bits per heavy atom. The van der Waals surface area contributed by atoms with Gasteiger partial charge in [0.1, 0.15) is 5.82 Å². The van der Waals surface area contributed by atoms with Crippen molar-refractivity contribution in [2.24, 2.45) is 5.92 Å². The lowest BCUT2D eigenvalue weighted by Gasteiger charge is -2.20. The molecule has 0 amide bonds. The normalized spacial score (nSPS) is 15.1. The molecule has 0 fully saturated rings. The number of benzene rings is 1. The zero-order valence-corrected chi connectivity index (χ0v) is 13.2. The fourth-order valence-electron chi connectivity index (χ4n) is 1.83. The van der Waals surface area contributed by atoms with E-state index in [-0.39, 0.29) is 23.4 Å². The molecule has 0 spiro atoms. The molecular weight excluding hydrogens is 279 g/mol. The van der Waals surface area contributed by atoms with Crippen LogP contribution in [0.2, 0.25) is 0 Å². The second kappa shape index (κ2) is 7.15. The van der Waals surface area contributed by atoms with Crippen molar-refractivity contribution in [2.45, 2.75) is 44.7 Å². The molecule has 0 saturated carbocycles. The van der Waals surface area contributed by atoms with Gasteiger partial charge in [-0.1, -0.05) is 20.3 Å². The number of nitrogens with one attached hydrogen (secondary N) is 2. The number of sulfonamides is 1. The molecule has 2 N–H and O–H groups in total. The molecule has 2 unspecified atom stereocenters. The second-order valence-electron chi connectivity index (χ2n) is 5.08. The van der Waals surface area contributed by atoms with Crippen molar-refractivity contribution in [3.05, 3.63) is 29.6 Å². The summed E-state index contributed by atoms with van der Waals surface area (Å²) in [5.41, 5.74) is 0.339. The Hall–Kier alpha value is -0.980. The Labute approximate surface area is 120 Å². The zero-order chi connectivity index (χ0) is 15.3. The minimum absolute atomic E-state index is 0.0966. The fraction of sp³-hybridized carbons (Fsp3) is 0.571. The van der Waals surface area contributed by atoms with Gasteiger partial charge in [-0.15, -0.1) is 0 Å². The maximum atomic E-state index is 13.5. The lowest BCUT2D eigenvalue weighted by atomic mass is 10.0. The Morgan fingerprint density at radius 3 is 2.50 bits per heavy atom. The largest absolute Gasteiger partial charge is 0.316 e. The minimum Gasteiger partial charge on any atom is -0.316 e. The Morgan fingerprint density at radius 1 is 1.30 bits per heavy atom. The highest BCUT2D eigenvalue weighted by Crippen LogP contribution is 2.17. The summed E-state index contributed by atoms with van der Waals surface area (Å²) in [6.45, 7) is 6.13. The number of hydrogen-bond acceptors (Lipinski definition) is 3. The van der Waals surface area contributed by atoms with Crippen molar-refractivity contribution in [3.63, 3.8) is 0 Å². The van der Waals surface area contributed by atoms with E-state index in [0.717, 1.165) is 6.42 Å². The summed E-state index contributed by atoms with van der Waals surface area (Å²) in [6.07, 6.45) is 0.887. The molecule has 0 saturated heterocycles. The highest BCUT2D eigenvalue weighted by Gasteiger charge is 2.21. The van der Waals surface area contributed by atoms with Crippen LogP contribution in [0, 0.1) is 11.7 Å². The van der Waals surface area contributed by atoms with Crippen LogP contribution in [0.5, 0.6) is 0 Å². The smallest absolute Gasteiger partial charge is 0.240 e. The molecule has 2 atom stereocenters. The van der Waals surface area contributed by atoms with Crippen LogP contribution >= 0.6 is 0 Å². The first-order chi connectivity index (χ1) is 9.31. The average Bonchev–Trinajstić information content (AvgIpc) is 2.39. The number of hydrogen-bond donors (Lipinski definition) is 2. The lowest BCUT2D eigenvalue weighted by molar-refractivity contribution is 0.434. The first-order valence-corrected chi connectivity index (χ1v) is 8.25. The molecule has 0 heterocycles. The molecule has 0 aliphatic heterocycles. The van der Waals surface area contributed by atoms with Gasteiger partial charge in [0.25, 0.3) is 0 Å². The maximum Gasteiger partial charge on any atom is 0.240 e. The predicted molar refractivity (Wildman–Crippen MR) is 78.4 cm³/mol. The third kappa shape index (κ3) is 4.26. The predicted octanol–water partition coefficient (Wildman–Crippen LogP) is 2.26. The van der Waals surface area contributed by atoms with Crippen LogP contribution in [0.15, 0.2) is 23.1 Å². The van der Waals surface area contributed by atoms with Gasteiger partial charge in [-0.05, 0) is 38.1 Å². The van der Waals surface area contributed by atoms with E-state index in [0.29, 0.717) is 5.56 Å². The van der Waals surface area contributed by atoms with Crippen LogP contribution in [0.3, 0.4) is 0 Å². The van der Waals surface area contributed by atoms with Gasteiger partial charge in [-0.2, -0.15) is 0 Å². The Bertz CT molecular complexity index is 546. The van der Waals surface area contributed by atoms with E-state index >= 15 is 0 Å². The van der Waals surface area contributed by atoms with E-state index in [4.69, 9.17) is 0 Å². The van der Waals surface area contributed by atoms with Gasteiger partial charge in [-0.3, -0.25) is 0 Å². The van der Waals surface area contributed by atoms with Crippen LogP contribution in [0.4, 0.5) is 4.39 Å². The summed E-state index contributed by atoms with van der Waals surface area (Å²) in [5, 5.41) is 2.82. The SMILES string of the molecule is CCC(C)C(C)NS(=O)(=O)c1ccc(F)c(CNC)c1. The van der Waals surface area contributed by atoms with Crippen molar-refractivity contribution >= 4 is 10.0 Å². The van der Waals surface area contributed by atoms with Crippen molar-refractivity contribution in [1.29, 1.82) is 0 Å². The Kier molecular flexibility index (Phi) is 6.10. The number of halogens is 1. The highest BCUT2D eigenvalue weighted by molar-refractivity contribution is 7.89. The van der Waals surface area contributed by atoms with Gasteiger partial charge in [0.2, 0.25) is 10.0 Å². The van der Waals surface area contributed by atoms with Gasteiger partial charge < -0.3 is 5.32 Å². The molecule has 4 nitrogen and oxygen atoms in total. The van der Waals surface area contributed by atoms with E-state index in [1.807, 2.05) is 20.8 Å². The quantitative estimate of drug-likeness (QED) is 0.812. The van der Waals surface area contributed by atoms with Crippen molar-refractivity contribution in [3.8, 4) is 0 Å². The second-order valence-corrected chi connectivity index (χ2v) is 6.79. The maximum absolute atomic E-state index is 13.5.